The minimum atomic E-state index is -0.269. The van der Waals surface area contributed by atoms with Crippen LogP contribution in [0.2, 0.25) is 0 Å². The molecule has 0 N–H and O–H groups in total. The minimum absolute atomic E-state index is 0.269. The van der Waals surface area contributed by atoms with Gasteiger partial charge in [0.1, 0.15) is 0 Å². The Hall–Kier alpha value is -3.19. The Morgan fingerprint density at radius 2 is 1.13 bits per heavy atom. The van der Waals surface area contributed by atoms with E-state index >= 15 is 0 Å². The molecule has 0 saturated heterocycles. The lowest BCUT2D eigenvalue weighted by Crippen LogP contribution is -2.11. The van der Waals surface area contributed by atoms with E-state index in [1.54, 1.807) is 22.7 Å². The van der Waals surface area contributed by atoms with E-state index in [-0.39, 0.29) is 5.97 Å². The van der Waals surface area contributed by atoms with Crippen molar-refractivity contribution >= 4 is 61.6 Å². The summed E-state index contributed by atoms with van der Waals surface area (Å²) in [4.78, 5) is 17.3. The smallest absolute Gasteiger partial charge is 0.338 e. The molecule has 0 amide bonds. The molecular weight excluding hydrogens is 586 g/mol. The number of rotatable bonds is 12. The summed E-state index contributed by atoms with van der Waals surface area (Å²) in [5, 5.41) is 5.22. The number of alkyl halides is 1. The Bertz CT molecular complexity index is 1350. The van der Waals surface area contributed by atoms with Crippen LogP contribution in [0.25, 0.3) is 20.9 Å². The molecule has 39 heavy (non-hydrogen) atoms. The van der Waals surface area contributed by atoms with E-state index in [4.69, 9.17) is 4.74 Å². The third kappa shape index (κ3) is 7.07. The molecule has 2 heterocycles. The van der Waals surface area contributed by atoms with Gasteiger partial charge in [0.15, 0.2) is 0 Å². The van der Waals surface area contributed by atoms with E-state index in [2.05, 4.69) is 104 Å². The van der Waals surface area contributed by atoms with E-state index in [1.807, 2.05) is 24.3 Å². The van der Waals surface area contributed by atoms with Gasteiger partial charge in [0.05, 0.1) is 12.2 Å². The maximum Gasteiger partial charge on any atom is 0.338 e. The van der Waals surface area contributed by atoms with Crippen molar-refractivity contribution in [3.05, 3.63) is 113 Å². The van der Waals surface area contributed by atoms with E-state index in [0.717, 1.165) is 48.1 Å². The average molecular weight is 617 g/mol. The summed E-state index contributed by atoms with van der Waals surface area (Å²) in [5.74, 6) is -0.269. The van der Waals surface area contributed by atoms with Crippen molar-refractivity contribution < 1.29 is 9.53 Å². The van der Waals surface area contributed by atoms with Crippen LogP contribution in [0.5, 0.6) is 0 Å². The second-order valence-electron chi connectivity index (χ2n) is 9.17. The largest absolute Gasteiger partial charge is 0.462 e. The minimum Gasteiger partial charge on any atom is -0.462 e. The predicted molar refractivity (Wildman–Crippen MR) is 170 cm³/mol. The van der Waals surface area contributed by atoms with Crippen LogP contribution in [0.15, 0.2) is 108 Å². The highest BCUT2D eigenvalue weighted by atomic mass is 79.9. The quantitative estimate of drug-likeness (QED) is 0.0794. The summed E-state index contributed by atoms with van der Waals surface area (Å²) >= 11 is 6.93. The Balaban J connectivity index is 1.37. The number of halogens is 1. The summed E-state index contributed by atoms with van der Waals surface area (Å²) in [5.41, 5.74) is 6.06. The summed E-state index contributed by atoms with van der Waals surface area (Å²) in [6, 6.07) is 33.4. The van der Waals surface area contributed by atoms with Crippen LogP contribution >= 0.6 is 38.6 Å². The summed E-state index contributed by atoms with van der Waals surface area (Å²) in [6.07, 6.45) is 4.27. The molecule has 0 aliphatic carbocycles. The van der Waals surface area contributed by atoms with E-state index in [0.29, 0.717) is 12.2 Å². The zero-order valence-corrected chi connectivity index (χ0v) is 24.8. The van der Waals surface area contributed by atoms with Crippen LogP contribution in [-0.2, 0) is 4.74 Å². The van der Waals surface area contributed by atoms with E-state index in [1.165, 1.54) is 20.9 Å². The normalized spacial score (nSPS) is 10.9. The van der Waals surface area contributed by atoms with Gasteiger partial charge in [0, 0.05) is 32.1 Å². The summed E-state index contributed by atoms with van der Waals surface area (Å²) in [6.45, 7) is 0.460. The number of carbonyl (C=O) groups excluding carboxylic acids is 1. The lowest BCUT2D eigenvalue weighted by Gasteiger charge is -2.26. The van der Waals surface area contributed by atoms with Gasteiger partial charge in [-0.25, -0.2) is 4.79 Å². The zero-order chi connectivity index (χ0) is 26.9. The van der Waals surface area contributed by atoms with Gasteiger partial charge in [0.25, 0.3) is 0 Å². The first-order valence-corrected chi connectivity index (χ1v) is 16.0. The Morgan fingerprint density at radius 1 is 0.641 bits per heavy atom. The molecule has 5 aromatic rings. The summed E-state index contributed by atoms with van der Waals surface area (Å²) < 4.78 is 5.51. The van der Waals surface area contributed by atoms with Crippen LogP contribution in [-0.4, -0.2) is 17.9 Å². The highest BCUT2D eigenvalue weighted by Gasteiger charge is 2.15. The maximum atomic E-state index is 12.6. The molecule has 0 spiro atoms. The SMILES string of the molecule is O=C(OCCCCCCBr)c1ccc(N(c2ccc(-c3cccs3)cc2)c2ccc(-c3cccs3)cc2)cc1. The number of hydrogen-bond donors (Lipinski definition) is 0. The van der Waals surface area contributed by atoms with Crippen molar-refractivity contribution in [3.8, 4) is 20.9 Å². The van der Waals surface area contributed by atoms with Crippen molar-refractivity contribution in [3.63, 3.8) is 0 Å². The molecule has 3 nitrogen and oxygen atoms in total. The Morgan fingerprint density at radius 3 is 1.59 bits per heavy atom. The molecule has 0 radical (unpaired) electrons. The zero-order valence-electron chi connectivity index (χ0n) is 21.6. The molecule has 0 aliphatic rings. The van der Waals surface area contributed by atoms with Crippen LogP contribution in [0.4, 0.5) is 17.1 Å². The van der Waals surface area contributed by atoms with Gasteiger partial charge in [-0.3, -0.25) is 0 Å². The fourth-order valence-electron chi connectivity index (χ4n) is 4.43. The topological polar surface area (TPSA) is 29.5 Å². The first kappa shape index (κ1) is 27.4. The number of thiophene rings is 2. The Labute approximate surface area is 246 Å². The van der Waals surface area contributed by atoms with Crippen molar-refractivity contribution in [1.29, 1.82) is 0 Å². The molecule has 6 heteroatoms. The molecule has 0 unspecified atom stereocenters. The first-order chi connectivity index (χ1) is 19.2. The van der Waals surface area contributed by atoms with Gasteiger partial charge in [0.2, 0.25) is 0 Å². The molecule has 198 valence electrons. The van der Waals surface area contributed by atoms with Crippen molar-refractivity contribution in [2.24, 2.45) is 0 Å². The predicted octanol–water partition coefficient (Wildman–Crippen LogP) is 10.7. The molecule has 5 rings (SSSR count). The number of anilines is 3. The third-order valence-corrected chi connectivity index (χ3v) is 8.88. The van der Waals surface area contributed by atoms with Gasteiger partial charge in [-0.05, 0) is 95.4 Å². The van der Waals surface area contributed by atoms with E-state index < -0.39 is 0 Å². The maximum absolute atomic E-state index is 12.6. The van der Waals surface area contributed by atoms with Crippen LogP contribution in [0, 0.1) is 0 Å². The molecule has 0 bridgehead atoms. The van der Waals surface area contributed by atoms with Gasteiger partial charge < -0.3 is 9.64 Å². The number of benzene rings is 3. The molecule has 0 saturated carbocycles. The van der Waals surface area contributed by atoms with Crippen LogP contribution in [0.1, 0.15) is 36.0 Å². The number of hydrogen-bond acceptors (Lipinski definition) is 5. The molecule has 3 aromatic carbocycles. The standard InChI is InChI=1S/C33H30BrNO2S2/c34-21-3-1-2-4-22-37-33(36)27-13-19-30(20-14-27)35(28-15-9-25(10-16-28)31-7-5-23-38-31)29-17-11-26(12-18-29)32-8-6-24-39-32/h5-20,23-24H,1-4,21-22H2. The van der Waals surface area contributed by atoms with Crippen molar-refractivity contribution in [2.45, 2.75) is 25.7 Å². The highest BCUT2D eigenvalue weighted by molar-refractivity contribution is 9.09. The fourth-order valence-corrected chi connectivity index (χ4v) is 6.29. The molecule has 0 aliphatic heterocycles. The molecule has 0 fully saturated rings. The summed E-state index contributed by atoms with van der Waals surface area (Å²) in [7, 11) is 0. The third-order valence-electron chi connectivity index (χ3n) is 6.48. The monoisotopic (exact) mass is 615 g/mol. The number of nitrogens with zero attached hydrogens (tertiary/aromatic N) is 1. The van der Waals surface area contributed by atoms with E-state index in [9.17, 15) is 4.79 Å². The number of esters is 1. The molecule has 2 aromatic heterocycles. The van der Waals surface area contributed by atoms with Gasteiger partial charge in [-0.2, -0.15) is 0 Å². The van der Waals surface area contributed by atoms with Gasteiger partial charge in [-0.1, -0.05) is 65.2 Å². The van der Waals surface area contributed by atoms with Crippen molar-refractivity contribution in [1.82, 2.24) is 0 Å². The average Bonchev–Trinajstić information content (AvgIpc) is 3.72. The number of unbranched alkanes of at least 4 members (excludes halogenated alkanes) is 3. The molecule has 0 atom stereocenters. The Kier molecular flexibility index (Phi) is 9.65. The lowest BCUT2D eigenvalue weighted by atomic mass is 10.1. The second-order valence-corrected chi connectivity index (χ2v) is 11.9. The molecular formula is C33H30BrNO2S2. The number of carbonyl (C=O) groups is 1. The fraction of sp³-hybridized carbons (Fsp3) is 0.182. The van der Waals surface area contributed by atoms with Crippen LogP contribution in [0.3, 0.4) is 0 Å². The van der Waals surface area contributed by atoms with Crippen molar-refractivity contribution in [2.75, 3.05) is 16.8 Å². The highest BCUT2D eigenvalue weighted by Crippen LogP contribution is 2.37. The number of ether oxygens (including phenoxy) is 1. The van der Waals surface area contributed by atoms with Crippen LogP contribution < -0.4 is 4.90 Å². The van der Waals surface area contributed by atoms with Gasteiger partial charge in [-0.15, -0.1) is 22.7 Å². The second kappa shape index (κ2) is 13.7. The first-order valence-electron chi connectivity index (χ1n) is 13.1. The lowest BCUT2D eigenvalue weighted by molar-refractivity contribution is 0.0498. The van der Waals surface area contributed by atoms with Gasteiger partial charge >= 0.3 is 5.97 Å².